The molecule has 0 radical (unpaired) electrons. The number of nitrogens with one attached hydrogen (secondary N) is 1. The molecule has 140 valence electrons. The van der Waals surface area contributed by atoms with Crippen molar-refractivity contribution in [2.24, 2.45) is 0 Å². The maximum Gasteiger partial charge on any atom is 0.293 e. The van der Waals surface area contributed by atoms with E-state index in [4.69, 9.17) is 9.15 Å². The number of halogens is 1. The quantitative estimate of drug-likeness (QED) is 0.477. The van der Waals surface area contributed by atoms with Crippen LogP contribution in [0.25, 0.3) is 11.3 Å². The minimum Gasteiger partial charge on any atom is -0.489 e. The minimum absolute atomic E-state index is 0.165. The molecule has 1 N–H and O–H groups in total. The highest BCUT2D eigenvalue weighted by Crippen LogP contribution is 2.26. The van der Waals surface area contributed by atoms with E-state index in [0.29, 0.717) is 27.7 Å². The molecule has 0 spiro atoms. The average Bonchev–Trinajstić information content (AvgIpc) is 3.36. The van der Waals surface area contributed by atoms with Gasteiger partial charge in [0, 0.05) is 16.5 Å². The summed E-state index contributed by atoms with van der Waals surface area (Å²) in [5.74, 6) is 0.111. The summed E-state index contributed by atoms with van der Waals surface area (Å²) >= 11 is 1.25. The average molecular weight is 394 g/mol. The van der Waals surface area contributed by atoms with Gasteiger partial charge in [-0.3, -0.25) is 10.1 Å². The lowest BCUT2D eigenvalue weighted by molar-refractivity contribution is 0.0993. The van der Waals surface area contributed by atoms with Crippen molar-refractivity contribution in [3.8, 4) is 17.0 Å². The Hall–Kier alpha value is -3.45. The van der Waals surface area contributed by atoms with Crippen molar-refractivity contribution in [3.63, 3.8) is 0 Å². The Labute approximate surface area is 164 Å². The summed E-state index contributed by atoms with van der Waals surface area (Å²) in [6.45, 7) is 0.204. The van der Waals surface area contributed by atoms with Crippen LogP contribution in [0.2, 0.25) is 0 Å². The topological polar surface area (TPSA) is 64.4 Å². The zero-order valence-corrected chi connectivity index (χ0v) is 15.4. The molecule has 4 rings (SSSR count). The van der Waals surface area contributed by atoms with Gasteiger partial charge in [-0.2, -0.15) is 0 Å². The summed E-state index contributed by atoms with van der Waals surface area (Å²) in [6, 6.07) is 17.1. The molecule has 0 aliphatic carbocycles. The zero-order valence-electron chi connectivity index (χ0n) is 14.6. The fourth-order valence-corrected chi connectivity index (χ4v) is 3.31. The zero-order chi connectivity index (χ0) is 19.3. The van der Waals surface area contributed by atoms with Crippen LogP contribution in [0.15, 0.2) is 76.7 Å². The molecule has 28 heavy (non-hydrogen) atoms. The second-order valence-electron chi connectivity index (χ2n) is 5.88. The van der Waals surface area contributed by atoms with Gasteiger partial charge in [-0.25, -0.2) is 9.37 Å². The van der Waals surface area contributed by atoms with Crippen LogP contribution in [0.5, 0.6) is 5.75 Å². The Bertz CT molecular complexity index is 1090. The highest BCUT2D eigenvalue weighted by Gasteiger charge is 2.18. The third kappa shape index (κ3) is 4.10. The van der Waals surface area contributed by atoms with Crippen LogP contribution in [-0.2, 0) is 6.61 Å². The lowest BCUT2D eigenvalue weighted by atomic mass is 10.2. The second kappa shape index (κ2) is 8.06. The second-order valence-corrected chi connectivity index (χ2v) is 6.74. The number of thiazole rings is 1. The third-order valence-electron chi connectivity index (χ3n) is 3.94. The Morgan fingerprint density at radius 3 is 2.82 bits per heavy atom. The predicted octanol–water partition coefficient (Wildman–Crippen LogP) is 5.37. The Kier molecular flexibility index (Phi) is 5.16. The van der Waals surface area contributed by atoms with Crippen molar-refractivity contribution in [2.45, 2.75) is 6.61 Å². The number of carbonyl (C=O) groups excluding carboxylic acids is 1. The lowest BCUT2D eigenvalue weighted by Crippen LogP contribution is -2.13. The molecule has 0 saturated carbocycles. The molecule has 0 aliphatic heterocycles. The molecular formula is C21H15FN2O3S. The molecule has 7 heteroatoms. The van der Waals surface area contributed by atoms with Crippen molar-refractivity contribution >= 4 is 22.4 Å². The summed E-state index contributed by atoms with van der Waals surface area (Å²) in [5, 5.41) is 4.87. The van der Waals surface area contributed by atoms with E-state index in [2.05, 4.69) is 10.3 Å². The largest absolute Gasteiger partial charge is 0.489 e. The van der Waals surface area contributed by atoms with Crippen molar-refractivity contribution < 1.29 is 18.3 Å². The number of hydrogen-bond acceptors (Lipinski definition) is 5. The molecule has 0 unspecified atom stereocenters. The van der Waals surface area contributed by atoms with Crippen LogP contribution in [0.1, 0.15) is 16.1 Å². The van der Waals surface area contributed by atoms with E-state index in [9.17, 15) is 9.18 Å². The molecule has 2 aromatic carbocycles. The number of ether oxygens (including phenoxy) is 1. The highest BCUT2D eigenvalue weighted by molar-refractivity contribution is 7.14. The van der Waals surface area contributed by atoms with E-state index in [1.54, 1.807) is 23.6 Å². The number of anilines is 1. The van der Waals surface area contributed by atoms with Gasteiger partial charge in [0.15, 0.2) is 10.9 Å². The Morgan fingerprint density at radius 2 is 2.00 bits per heavy atom. The molecule has 2 aromatic heterocycles. The van der Waals surface area contributed by atoms with Crippen molar-refractivity contribution in [2.75, 3.05) is 5.32 Å². The maximum atomic E-state index is 13.4. The number of para-hydroxylation sites is 1. The molecule has 2 heterocycles. The van der Waals surface area contributed by atoms with E-state index in [0.717, 1.165) is 0 Å². The standard InChI is InChI=1S/C21H15FN2O3S/c22-16-6-4-5-14(11-16)18-13-28-21(23-18)24-20(25)19-15(9-10-26-19)12-27-17-7-2-1-3-8-17/h1-11,13H,12H2,(H,23,24,25). The van der Waals surface area contributed by atoms with Gasteiger partial charge in [0.1, 0.15) is 18.2 Å². The molecule has 4 aromatic rings. The number of furan rings is 1. The SMILES string of the molecule is O=C(Nc1nc(-c2cccc(F)c2)cs1)c1occc1COc1ccccc1. The van der Waals surface area contributed by atoms with Crippen LogP contribution in [0.4, 0.5) is 9.52 Å². The predicted molar refractivity (Wildman–Crippen MR) is 105 cm³/mol. The Morgan fingerprint density at radius 1 is 1.14 bits per heavy atom. The molecule has 0 fully saturated rings. The van der Waals surface area contributed by atoms with Gasteiger partial charge in [-0.1, -0.05) is 30.3 Å². The smallest absolute Gasteiger partial charge is 0.293 e. The number of benzene rings is 2. The van der Waals surface area contributed by atoms with E-state index >= 15 is 0 Å². The first-order valence-corrected chi connectivity index (χ1v) is 9.34. The minimum atomic E-state index is -0.420. The highest BCUT2D eigenvalue weighted by atomic mass is 32.1. The van der Waals surface area contributed by atoms with Crippen LogP contribution in [0.3, 0.4) is 0 Å². The van der Waals surface area contributed by atoms with Gasteiger partial charge in [0.2, 0.25) is 0 Å². The van der Waals surface area contributed by atoms with E-state index in [1.165, 1.54) is 29.7 Å². The number of rotatable bonds is 6. The van der Waals surface area contributed by atoms with Gasteiger partial charge in [0.25, 0.3) is 5.91 Å². The fourth-order valence-electron chi connectivity index (χ4n) is 2.59. The molecule has 1 amide bonds. The number of carbonyl (C=O) groups is 1. The molecule has 0 atom stereocenters. The van der Waals surface area contributed by atoms with Crippen LogP contribution >= 0.6 is 11.3 Å². The first-order chi connectivity index (χ1) is 13.7. The summed E-state index contributed by atoms with van der Waals surface area (Å²) in [5.41, 5.74) is 1.86. The van der Waals surface area contributed by atoms with Gasteiger partial charge < -0.3 is 9.15 Å². The molecule has 5 nitrogen and oxygen atoms in total. The number of amides is 1. The summed E-state index contributed by atoms with van der Waals surface area (Å²) in [4.78, 5) is 16.9. The maximum absolute atomic E-state index is 13.4. The Balaban J connectivity index is 1.44. The number of nitrogens with zero attached hydrogens (tertiary/aromatic N) is 1. The van der Waals surface area contributed by atoms with E-state index in [1.807, 2.05) is 30.3 Å². The van der Waals surface area contributed by atoms with Crippen molar-refractivity contribution in [1.82, 2.24) is 4.98 Å². The summed E-state index contributed by atoms with van der Waals surface area (Å²) in [7, 11) is 0. The number of aromatic nitrogens is 1. The number of hydrogen-bond donors (Lipinski definition) is 1. The fraction of sp³-hybridized carbons (Fsp3) is 0.0476. The molecule has 0 saturated heterocycles. The monoisotopic (exact) mass is 394 g/mol. The molecular weight excluding hydrogens is 379 g/mol. The first kappa shape index (κ1) is 17.9. The van der Waals surface area contributed by atoms with Gasteiger partial charge >= 0.3 is 0 Å². The summed E-state index contributed by atoms with van der Waals surface area (Å²) < 4.78 is 24.4. The van der Waals surface area contributed by atoms with Crippen molar-refractivity contribution in [1.29, 1.82) is 0 Å². The van der Waals surface area contributed by atoms with E-state index in [-0.39, 0.29) is 18.2 Å². The van der Waals surface area contributed by atoms with Gasteiger partial charge in [-0.05, 0) is 30.3 Å². The molecule has 0 bridgehead atoms. The third-order valence-corrected chi connectivity index (χ3v) is 4.69. The van der Waals surface area contributed by atoms with E-state index < -0.39 is 5.91 Å². The first-order valence-electron chi connectivity index (χ1n) is 8.46. The van der Waals surface area contributed by atoms with Gasteiger partial charge in [0.05, 0.1) is 12.0 Å². The normalized spacial score (nSPS) is 10.6. The van der Waals surface area contributed by atoms with Gasteiger partial charge in [-0.15, -0.1) is 11.3 Å². The van der Waals surface area contributed by atoms with Crippen LogP contribution in [0, 0.1) is 5.82 Å². The molecule has 0 aliphatic rings. The summed E-state index contributed by atoms with van der Waals surface area (Å²) in [6.07, 6.45) is 1.44. The van der Waals surface area contributed by atoms with Crippen LogP contribution in [-0.4, -0.2) is 10.9 Å². The lowest BCUT2D eigenvalue weighted by Gasteiger charge is -2.06. The van der Waals surface area contributed by atoms with Crippen LogP contribution < -0.4 is 10.1 Å². The van der Waals surface area contributed by atoms with Crippen molar-refractivity contribution in [3.05, 3.63) is 89.4 Å².